The summed E-state index contributed by atoms with van der Waals surface area (Å²) in [6, 6.07) is 19.3. The van der Waals surface area contributed by atoms with Crippen LogP contribution in [0.1, 0.15) is 39.6 Å². The maximum Gasteiger partial charge on any atom is 0.255 e. The van der Waals surface area contributed by atoms with E-state index >= 15 is 0 Å². The summed E-state index contributed by atoms with van der Waals surface area (Å²) in [4.78, 5) is 34.7. The van der Waals surface area contributed by atoms with Crippen LogP contribution < -0.4 is 15.5 Å². The van der Waals surface area contributed by atoms with E-state index in [4.69, 9.17) is 0 Å². The van der Waals surface area contributed by atoms with E-state index in [1.54, 1.807) is 36.4 Å². The van der Waals surface area contributed by atoms with E-state index in [0.717, 1.165) is 49.7 Å². The van der Waals surface area contributed by atoms with E-state index in [1.165, 1.54) is 6.07 Å². The van der Waals surface area contributed by atoms with Crippen molar-refractivity contribution in [2.24, 2.45) is 4.99 Å². The zero-order valence-electron chi connectivity index (χ0n) is 21.5. The van der Waals surface area contributed by atoms with Crippen molar-refractivity contribution < 1.29 is 14.7 Å². The van der Waals surface area contributed by atoms with Crippen LogP contribution in [-0.2, 0) is 0 Å². The summed E-state index contributed by atoms with van der Waals surface area (Å²) in [5.74, 6) is 0.205. The molecule has 1 aliphatic heterocycles. The molecule has 0 aromatic heterocycles. The summed E-state index contributed by atoms with van der Waals surface area (Å²) in [7, 11) is 1.82. The molecule has 192 valence electrons. The Morgan fingerprint density at radius 3 is 2.16 bits per heavy atom. The van der Waals surface area contributed by atoms with E-state index in [-0.39, 0.29) is 23.3 Å². The summed E-state index contributed by atoms with van der Waals surface area (Å²) in [6.45, 7) is 7.66. The molecule has 0 spiro atoms. The highest BCUT2D eigenvalue weighted by Crippen LogP contribution is 2.32. The fourth-order valence-electron chi connectivity index (χ4n) is 4.33. The number of anilines is 3. The first-order valence-electron chi connectivity index (χ1n) is 12.4. The number of aryl methyl sites for hydroxylation is 1. The van der Waals surface area contributed by atoms with Crippen LogP contribution in [0.15, 0.2) is 71.7 Å². The number of carbonyl (C=O) groups is 2. The van der Waals surface area contributed by atoms with Gasteiger partial charge >= 0.3 is 0 Å². The lowest BCUT2D eigenvalue weighted by molar-refractivity contribution is 0.101. The van der Waals surface area contributed by atoms with Crippen molar-refractivity contribution in [3.8, 4) is 5.75 Å². The number of amides is 2. The van der Waals surface area contributed by atoms with Gasteiger partial charge in [-0.2, -0.15) is 0 Å². The SMILES string of the molecule is CN=C(C)N1CCCN(c2ccc(C(=O)Nc3c(O)cccc3NC(=O)c3ccc(C)cc3)cc2)CC1. The van der Waals surface area contributed by atoms with Crippen LogP contribution in [0.3, 0.4) is 0 Å². The molecule has 0 bridgehead atoms. The summed E-state index contributed by atoms with van der Waals surface area (Å²) < 4.78 is 0. The lowest BCUT2D eigenvalue weighted by Gasteiger charge is -2.24. The van der Waals surface area contributed by atoms with Gasteiger partial charge in [-0.05, 0) is 68.8 Å². The van der Waals surface area contributed by atoms with Crippen molar-refractivity contribution >= 4 is 34.7 Å². The normalized spacial score (nSPS) is 14.2. The summed E-state index contributed by atoms with van der Waals surface area (Å²) in [5.41, 5.74) is 3.50. The van der Waals surface area contributed by atoms with Gasteiger partial charge in [-0.1, -0.05) is 23.8 Å². The number of aromatic hydroxyl groups is 1. The molecule has 1 heterocycles. The molecule has 0 radical (unpaired) electrons. The summed E-state index contributed by atoms with van der Waals surface area (Å²) in [5, 5.41) is 16.0. The van der Waals surface area contributed by atoms with E-state index in [9.17, 15) is 14.7 Å². The first-order chi connectivity index (χ1) is 17.9. The zero-order valence-corrected chi connectivity index (χ0v) is 21.5. The minimum absolute atomic E-state index is 0.133. The molecule has 2 amide bonds. The number of hydrogen-bond acceptors (Lipinski definition) is 5. The number of nitrogens with zero attached hydrogens (tertiary/aromatic N) is 3. The highest BCUT2D eigenvalue weighted by Gasteiger charge is 2.18. The van der Waals surface area contributed by atoms with Gasteiger partial charge < -0.3 is 25.5 Å². The molecule has 4 rings (SSSR count). The molecular weight excluding hydrogens is 466 g/mol. The number of aliphatic imine (C=N–C) groups is 1. The van der Waals surface area contributed by atoms with Gasteiger partial charge in [0.15, 0.2) is 0 Å². The van der Waals surface area contributed by atoms with E-state index < -0.39 is 0 Å². The van der Waals surface area contributed by atoms with Crippen LogP contribution in [0.5, 0.6) is 5.75 Å². The Kier molecular flexibility index (Phi) is 8.08. The van der Waals surface area contributed by atoms with Gasteiger partial charge in [-0.15, -0.1) is 0 Å². The van der Waals surface area contributed by atoms with Crippen LogP contribution in [0.25, 0.3) is 0 Å². The quantitative estimate of drug-likeness (QED) is 0.267. The van der Waals surface area contributed by atoms with Gasteiger partial charge in [0.05, 0.1) is 11.5 Å². The number of para-hydroxylation sites is 1. The largest absolute Gasteiger partial charge is 0.506 e. The molecule has 0 saturated carbocycles. The smallest absolute Gasteiger partial charge is 0.255 e. The second kappa shape index (κ2) is 11.6. The molecule has 1 aliphatic rings. The van der Waals surface area contributed by atoms with Crippen LogP contribution in [0.4, 0.5) is 17.1 Å². The first kappa shape index (κ1) is 25.8. The van der Waals surface area contributed by atoms with Gasteiger partial charge in [0.25, 0.3) is 11.8 Å². The molecular formula is C29H33N5O3. The molecule has 1 saturated heterocycles. The molecule has 0 atom stereocenters. The van der Waals surface area contributed by atoms with Crippen molar-refractivity contribution in [1.29, 1.82) is 0 Å². The average molecular weight is 500 g/mol. The lowest BCUT2D eigenvalue weighted by atomic mass is 10.1. The first-order valence-corrected chi connectivity index (χ1v) is 12.4. The molecule has 3 aromatic rings. The zero-order chi connectivity index (χ0) is 26.4. The Morgan fingerprint density at radius 2 is 1.49 bits per heavy atom. The molecule has 0 aliphatic carbocycles. The van der Waals surface area contributed by atoms with Gasteiger partial charge in [-0.3, -0.25) is 14.6 Å². The van der Waals surface area contributed by atoms with Gasteiger partial charge in [0.1, 0.15) is 11.4 Å². The van der Waals surface area contributed by atoms with Crippen molar-refractivity contribution in [3.63, 3.8) is 0 Å². The predicted molar refractivity (Wildman–Crippen MR) is 149 cm³/mol. The monoisotopic (exact) mass is 499 g/mol. The van der Waals surface area contributed by atoms with Gasteiger partial charge in [-0.25, -0.2) is 0 Å². The highest BCUT2D eigenvalue weighted by molar-refractivity contribution is 6.11. The molecule has 8 nitrogen and oxygen atoms in total. The van der Waals surface area contributed by atoms with Crippen molar-refractivity contribution in [3.05, 3.63) is 83.4 Å². The number of hydrogen-bond donors (Lipinski definition) is 3. The van der Waals surface area contributed by atoms with E-state index in [0.29, 0.717) is 16.8 Å². The third-order valence-electron chi connectivity index (χ3n) is 6.61. The lowest BCUT2D eigenvalue weighted by Crippen LogP contribution is -2.33. The van der Waals surface area contributed by atoms with Crippen LogP contribution in [-0.4, -0.2) is 60.9 Å². The maximum absolute atomic E-state index is 13.0. The van der Waals surface area contributed by atoms with E-state index in [1.807, 2.05) is 45.2 Å². The Balaban J connectivity index is 1.44. The molecule has 37 heavy (non-hydrogen) atoms. The van der Waals surface area contributed by atoms with Crippen LogP contribution >= 0.6 is 0 Å². The Bertz CT molecular complexity index is 1290. The Labute approximate surface area is 217 Å². The van der Waals surface area contributed by atoms with E-state index in [2.05, 4.69) is 25.4 Å². The number of carbonyl (C=O) groups excluding carboxylic acids is 2. The van der Waals surface area contributed by atoms with Crippen LogP contribution in [0, 0.1) is 6.92 Å². The second-order valence-corrected chi connectivity index (χ2v) is 9.12. The number of benzene rings is 3. The molecule has 8 heteroatoms. The minimum Gasteiger partial charge on any atom is -0.506 e. The molecule has 3 aromatic carbocycles. The van der Waals surface area contributed by atoms with Crippen molar-refractivity contribution in [2.75, 3.05) is 48.8 Å². The predicted octanol–water partition coefficient (Wildman–Crippen LogP) is 4.77. The summed E-state index contributed by atoms with van der Waals surface area (Å²) in [6.07, 6.45) is 1.03. The maximum atomic E-state index is 13.0. The third kappa shape index (κ3) is 6.27. The number of phenolic OH excluding ortho intramolecular Hbond substituents is 1. The fourth-order valence-corrected chi connectivity index (χ4v) is 4.33. The van der Waals surface area contributed by atoms with Crippen molar-refractivity contribution in [1.82, 2.24) is 4.90 Å². The Hall–Kier alpha value is -4.33. The van der Waals surface area contributed by atoms with Gasteiger partial charge in [0, 0.05) is 50.0 Å². The minimum atomic E-state index is -0.379. The highest BCUT2D eigenvalue weighted by atomic mass is 16.3. The molecule has 1 fully saturated rings. The average Bonchev–Trinajstić information content (AvgIpc) is 3.17. The number of rotatable bonds is 5. The second-order valence-electron chi connectivity index (χ2n) is 9.12. The van der Waals surface area contributed by atoms with Gasteiger partial charge in [0.2, 0.25) is 0 Å². The summed E-state index contributed by atoms with van der Waals surface area (Å²) >= 11 is 0. The Morgan fingerprint density at radius 1 is 0.838 bits per heavy atom. The topological polar surface area (TPSA) is 97.3 Å². The fraction of sp³-hybridized carbons (Fsp3) is 0.276. The molecule has 0 unspecified atom stereocenters. The number of amidine groups is 1. The van der Waals surface area contributed by atoms with Crippen LogP contribution in [0.2, 0.25) is 0 Å². The molecule has 3 N–H and O–H groups in total. The standard InChI is InChI=1S/C29H33N5O3/c1-20-8-10-22(11-9-20)28(36)31-25-6-4-7-26(35)27(25)32-29(37)23-12-14-24(15-13-23)34-17-5-16-33(18-19-34)21(2)30-3/h4,6-15,35H,5,16-19H2,1-3H3,(H,31,36)(H,32,37). The van der Waals surface area contributed by atoms with Crippen molar-refractivity contribution in [2.45, 2.75) is 20.3 Å². The number of phenols is 1. The third-order valence-corrected chi connectivity index (χ3v) is 6.61. The number of nitrogens with one attached hydrogen (secondary N) is 2.